The maximum Gasteiger partial charge on any atom is 0.339 e. The van der Waals surface area contributed by atoms with Crippen LogP contribution in [0.5, 0.6) is 5.75 Å². The van der Waals surface area contributed by atoms with Gasteiger partial charge < -0.3 is 15.6 Å². The van der Waals surface area contributed by atoms with Crippen LogP contribution in [0.4, 0.5) is 5.69 Å². The summed E-state index contributed by atoms with van der Waals surface area (Å²) in [6.45, 7) is 0.116. The minimum Gasteiger partial charge on any atom is -0.505 e. The third-order valence-corrected chi connectivity index (χ3v) is 1.88. The van der Waals surface area contributed by atoms with Crippen molar-refractivity contribution in [2.45, 2.75) is 6.61 Å². The number of carbonyl (C=O) groups excluding carboxylic acids is 1. The number of hydrogen-bond donors (Lipinski definition) is 2. The van der Waals surface area contributed by atoms with Crippen molar-refractivity contribution in [2.75, 3.05) is 5.73 Å². The molecule has 0 aliphatic carbocycles. The first-order chi connectivity index (χ1) is 5.70. The number of nitrogen functional groups attached to an aromatic ring is 1. The molecule has 0 saturated carbocycles. The Bertz CT molecular complexity index is 360. The molecule has 0 fully saturated rings. The molecule has 1 aromatic carbocycles. The van der Waals surface area contributed by atoms with Crippen LogP contribution in [-0.2, 0) is 11.3 Å². The highest BCUT2D eigenvalue weighted by atomic mass is 16.5. The summed E-state index contributed by atoms with van der Waals surface area (Å²) >= 11 is 0. The van der Waals surface area contributed by atoms with Gasteiger partial charge in [0.25, 0.3) is 0 Å². The average Bonchev–Trinajstić information content (AvgIpc) is 2.41. The average molecular weight is 165 g/mol. The molecular formula is C8H7NO3. The van der Waals surface area contributed by atoms with Crippen molar-refractivity contribution in [3.05, 3.63) is 23.3 Å². The summed E-state index contributed by atoms with van der Waals surface area (Å²) in [7, 11) is 0. The van der Waals surface area contributed by atoms with Gasteiger partial charge in [0, 0.05) is 5.56 Å². The van der Waals surface area contributed by atoms with Crippen LogP contribution in [0.25, 0.3) is 0 Å². The number of cyclic esters (lactones) is 1. The molecule has 1 heterocycles. The summed E-state index contributed by atoms with van der Waals surface area (Å²) in [5.74, 6) is -0.446. The van der Waals surface area contributed by atoms with Gasteiger partial charge in [0.15, 0.2) is 0 Å². The second-order valence-corrected chi connectivity index (χ2v) is 2.61. The molecule has 1 aliphatic heterocycles. The first-order valence-corrected chi connectivity index (χ1v) is 3.47. The van der Waals surface area contributed by atoms with Gasteiger partial charge >= 0.3 is 5.97 Å². The molecule has 3 N–H and O–H groups in total. The number of rotatable bonds is 0. The number of anilines is 1. The van der Waals surface area contributed by atoms with E-state index in [-0.39, 0.29) is 18.0 Å². The molecule has 0 aromatic heterocycles. The number of carbonyl (C=O) groups is 1. The van der Waals surface area contributed by atoms with Crippen molar-refractivity contribution in [1.29, 1.82) is 0 Å². The standard InChI is InChI=1S/C8H7NO3/c9-6-2-1-4-5(7(6)10)3-12-8(4)11/h1-2,10H,3,9H2. The normalized spacial score (nSPS) is 14.2. The number of nitrogens with two attached hydrogens (primary N) is 1. The van der Waals surface area contributed by atoms with Crippen molar-refractivity contribution < 1.29 is 14.6 Å². The van der Waals surface area contributed by atoms with Crippen LogP contribution < -0.4 is 5.73 Å². The van der Waals surface area contributed by atoms with Crippen LogP contribution in [0, 0.1) is 0 Å². The van der Waals surface area contributed by atoms with E-state index in [2.05, 4.69) is 0 Å². The zero-order valence-electron chi connectivity index (χ0n) is 6.20. The van der Waals surface area contributed by atoms with Crippen molar-refractivity contribution in [1.82, 2.24) is 0 Å². The third kappa shape index (κ3) is 0.747. The predicted molar refractivity (Wildman–Crippen MR) is 41.6 cm³/mol. The Hall–Kier alpha value is -1.71. The van der Waals surface area contributed by atoms with Gasteiger partial charge in [-0.1, -0.05) is 0 Å². The van der Waals surface area contributed by atoms with E-state index < -0.39 is 5.97 Å². The van der Waals surface area contributed by atoms with E-state index in [0.717, 1.165) is 0 Å². The monoisotopic (exact) mass is 165 g/mol. The molecular weight excluding hydrogens is 158 g/mol. The summed E-state index contributed by atoms with van der Waals surface area (Å²) in [6.07, 6.45) is 0. The quantitative estimate of drug-likeness (QED) is 0.336. The highest BCUT2D eigenvalue weighted by molar-refractivity contribution is 5.95. The predicted octanol–water partition coefficient (Wildman–Crippen LogP) is 0.645. The highest BCUT2D eigenvalue weighted by Gasteiger charge is 2.24. The summed E-state index contributed by atoms with van der Waals surface area (Å²) in [5, 5.41) is 9.38. The van der Waals surface area contributed by atoms with Crippen molar-refractivity contribution >= 4 is 11.7 Å². The fourth-order valence-electron chi connectivity index (χ4n) is 1.21. The Morgan fingerprint density at radius 2 is 2.25 bits per heavy atom. The third-order valence-electron chi connectivity index (χ3n) is 1.88. The Labute approximate surface area is 68.6 Å². The number of esters is 1. The molecule has 2 rings (SSSR count). The summed E-state index contributed by atoms with van der Waals surface area (Å²) in [5.41, 5.74) is 6.58. The molecule has 0 saturated heterocycles. The maximum absolute atomic E-state index is 11.0. The number of phenolic OH excluding ortho intramolecular Hbond substituents is 1. The van der Waals surface area contributed by atoms with E-state index in [1.54, 1.807) is 6.07 Å². The van der Waals surface area contributed by atoms with Crippen molar-refractivity contribution in [2.24, 2.45) is 0 Å². The lowest BCUT2D eigenvalue weighted by Crippen LogP contribution is -1.94. The fourth-order valence-corrected chi connectivity index (χ4v) is 1.21. The Morgan fingerprint density at radius 1 is 1.50 bits per heavy atom. The topological polar surface area (TPSA) is 72.6 Å². The molecule has 0 unspecified atom stereocenters. The van der Waals surface area contributed by atoms with Crippen LogP contribution in [0.2, 0.25) is 0 Å². The van der Waals surface area contributed by atoms with Gasteiger partial charge in [0.2, 0.25) is 0 Å². The Balaban J connectivity index is 2.68. The molecule has 4 heteroatoms. The zero-order chi connectivity index (χ0) is 8.72. The van der Waals surface area contributed by atoms with Gasteiger partial charge in [-0.2, -0.15) is 0 Å². The second kappa shape index (κ2) is 2.14. The van der Waals surface area contributed by atoms with E-state index in [4.69, 9.17) is 10.5 Å². The number of fused-ring (bicyclic) bond motifs is 1. The second-order valence-electron chi connectivity index (χ2n) is 2.61. The highest BCUT2D eigenvalue weighted by Crippen LogP contribution is 2.32. The number of ether oxygens (including phenoxy) is 1. The molecule has 0 amide bonds. The van der Waals surface area contributed by atoms with Crippen molar-refractivity contribution in [3.8, 4) is 5.75 Å². The molecule has 62 valence electrons. The minimum atomic E-state index is -0.402. The van der Waals surface area contributed by atoms with E-state index >= 15 is 0 Å². The largest absolute Gasteiger partial charge is 0.505 e. The first-order valence-electron chi connectivity index (χ1n) is 3.47. The Kier molecular flexibility index (Phi) is 1.24. The number of aromatic hydroxyl groups is 1. The van der Waals surface area contributed by atoms with Gasteiger partial charge in [-0.25, -0.2) is 4.79 Å². The lowest BCUT2D eigenvalue weighted by molar-refractivity contribution is 0.0534. The Morgan fingerprint density at radius 3 is 3.00 bits per heavy atom. The fraction of sp³-hybridized carbons (Fsp3) is 0.125. The van der Waals surface area contributed by atoms with Crippen molar-refractivity contribution in [3.63, 3.8) is 0 Å². The molecule has 0 atom stereocenters. The van der Waals surface area contributed by atoms with E-state index in [9.17, 15) is 9.90 Å². The zero-order valence-corrected chi connectivity index (χ0v) is 6.20. The molecule has 0 radical (unpaired) electrons. The summed E-state index contributed by atoms with van der Waals surface area (Å²) in [4.78, 5) is 11.0. The van der Waals surface area contributed by atoms with Gasteiger partial charge in [-0.15, -0.1) is 0 Å². The smallest absolute Gasteiger partial charge is 0.339 e. The number of phenols is 1. The van der Waals surface area contributed by atoms with E-state index in [1.807, 2.05) is 0 Å². The molecule has 1 aliphatic rings. The van der Waals surface area contributed by atoms with Gasteiger partial charge in [0.1, 0.15) is 12.4 Å². The van der Waals surface area contributed by atoms with Crippen LogP contribution in [-0.4, -0.2) is 11.1 Å². The molecule has 0 bridgehead atoms. The molecule has 4 nitrogen and oxygen atoms in total. The van der Waals surface area contributed by atoms with Gasteiger partial charge in [-0.3, -0.25) is 0 Å². The van der Waals surface area contributed by atoms with E-state index in [0.29, 0.717) is 11.1 Å². The van der Waals surface area contributed by atoms with Crippen LogP contribution in [0.15, 0.2) is 12.1 Å². The van der Waals surface area contributed by atoms with Crippen LogP contribution in [0.1, 0.15) is 15.9 Å². The maximum atomic E-state index is 11.0. The molecule has 12 heavy (non-hydrogen) atoms. The molecule has 1 aromatic rings. The minimum absolute atomic E-state index is 0.0432. The summed E-state index contributed by atoms with van der Waals surface area (Å²) < 4.78 is 4.70. The summed E-state index contributed by atoms with van der Waals surface area (Å²) in [6, 6.07) is 3.04. The number of benzene rings is 1. The lowest BCUT2D eigenvalue weighted by atomic mass is 10.1. The number of hydrogen-bond acceptors (Lipinski definition) is 4. The van der Waals surface area contributed by atoms with Crippen LogP contribution in [0.3, 0.4) is 0 Å². The first kappa shape index (κ1) is 6.97. The van der Waals surface area contributed by atoms with Gasteiger partial charge in [-0.05, 0) is 12.1 Å². The SMILES string of the molecule is Nc1ccc2c(c1O)COC2=O. The molecule has 0 spiro atoms. The lowest BCUT2D eigenvalue weighted by Gasteiger charge is -2.00. The van der Waals surface area contributed by atoms with E-state index in [1.165, 1.54) is 6.07 Å². The van der Waals surface area contributed by atoms with Crippen LogP contribution >= 0.6 is 0 Å². The van der Waals surface area contributed by atoms with Gasteiger partial charge in [0.05, 0.1) is 11.3 Å².